The molecule has 0 N–H and O–H groups in total. The Morgan fingerprint density at radius 1 is 1.50 bits per heavy atom. The van der Waals surface area contributed by atoms with Gasteiger partial charge in [0.1, 0.15) is 6.29 Å². The van der Waals surface area contributed by atoms with E-state index in [2.05, 4.69) is 18.7 Å². The molecule has 1 fully saturated rings. The highest BCUT2D eigenvalue weighted by atomic mass is 16.5. The first kappa shape index (κ1) is 11.7. The van der Waals surface area contributed by atoms with Gasteiger partial charge in [-0.15, -0.1) is 0 Å². The van der Waals surface area contributed by atoms with Crippen molar-refractivity contribution < 1.29 is 9.53 Å². The lowest BCUT2D eigenvalue weighted by molar-refractivity contribution is -0.108. The maximum atomic E-state index is 10.3. The SMILES string of the molecule is CC(C)OCC1(CN(C)CC=O)CC1. The fourth-order valence-corrected chi connectivity index (χ4v) is 1.63. The first-order chi connectivity index (χ1) is 6.58. The van der Waals surface area contributed by atoms with Crippen LogP contribution in [-0.4, -0.2) is 44.0 Å². The monoisotopic (exact) mass is 199 g/mol. The van der Waals surface area contributed by atoms with Gasteiger partial charge in [-0.1, -0.05) is 0 Å². The third-order valence-corrected chi connectivity index (χ3v) is 2.67. The van der Waals surface area contributed by atoms with Crippen LogP contribution in [-0.2, 0) is 9.53 Å². The molecule has 82 valence electrons. The summed E-state index contributed by atoms with van der Waals surface area (Å²) in [6.45, 7) is 6.48. The highest BCUT2D eigenvalue weighted by Crippen LogP contribution is 2.46. The van der Waals surface area contributed by atoms with E-state index < -0.39 is 0 Å². The molecule has 3 nitrogen and oxygen atoms in total. The van der Waals surface area contributed by atoms with Crippen LogP contribution in [0.1, 0.15) is 26.7 Å². The summed E-state index contributed by atoms with van der Waals surface area (Å²) >= 11 is 0. The lowest BCUT2D eigenvalue weighted by Gasteiger charge is -2.22. The Hall–Kier alpha value is -0.410. The predicted molar refractivity (Wildman–Crippen MR) is 56.3 cm³/mol. The number of hydrogen-bond donors (Lipinski definition) is 0. The fourth-order valence-electron chi connectivity index (χ4n) is 1.63. The van der Waals surface area contributed by atoms with Crippen LogP contribution < -0.4 is 0 Å². The van der Waals surface area contributed by atoms with E-state index in [1.54, 1.807) is 0 Å². The second kappa shape index (κ2) is 4.89. The van der Waals surface area contributed by atoms with Crippen LogP contribution in [0.15, 0.2) is 0 Å². The van der Waals surface area contributed by atoms with E-state index in [1.165, 1.54) is 12.8 Å². The summed E-state index contributed by atoms with van der Waals surface area (Å²) in [5, 5.41) is 0. The van der Waals surface area contributed by atoms with Crippen LogP contribution in [0.5, 0.6) is 0 Å². The number of carbonyl (C=O) groups excluding carboxylic acids is 1. The van der Waals surface area contributed by atoms with Gasteiger partial charge in [0, 0.05) is 12.0 Å². The zero-order valence-electron chi connectivity index (χ0n) is 9.45. The number of rotatable bonds is 7. The molecule has 3 heteroatoms. The molecule has 0 amide bonds. The molecule has 0 heterocycles. The van der Waals surface area contributed by atoms with Crippen molar-refractivity contribution in [3.63, 3.8) is 0 Å². The zero-order valence-corrected chi connectivity index (χ0v) is 9.45. The summed E-state index contributed by atoms with van der Waals surface area (Å²) in [7, 11) is 1.99. The summed E-state index contributed by atoms with van der Waals surface area (Å²) in [4.78, 5) is 12.4. The molecule has 0 spiro atoms. The van der Waals surface area contributed by atoms with Crippen molar-refractivity contribution in [3.05, 3.63) is 0 Å². The average molecular weight is 199 g/mol. The van der Waals surface area contributed by atoms with E-state index in [0.29, 0.717) is 18.1 Å². The lowest BCUT2D eigenvalue weighted by atomic mass is 10.1. The summed E-state index contributed by atoms with van der Waals surface area (Å²) < 4.78 is 5.63. The quantitative estimate of drug-likeness (QED) is 0.579. The fraction of sp³-hybridized carbons (Fsp3) is 0.909. The van der Waals surface area contributed by atoms with Crippen LogP contribution in [0.4, 0.5) is 0 Å². The molecule has 0 aromatic rings. The topological polar surface area (TPSA) is 29.5 Å². The lowest BCUT2D eigenvalue weighted by Crippen LogP contribution is -2.31. The van der Waals surface area contributed by atoms with Crippen LogP contribution >= 0.6 is 0 Å². The van der Waals surface area contributed by atoms with Gasteiger partial charge in [-0.3, -0.25) is 4.90 Å². The maximum Gasteiger partial charge on any atom is 0.133 e. The molecule has 1 rings (SSSR count). The van der Waals surface area contributed by atoms with Gasteiger partial charge < -0.3 is 9.53 Å². The number of ether oxygens (including phenoxy) is 1. The third-order valence-electron chi connectivity index (χ3n) is 2.67. The van der Waals surface area contributed by atoms with Gasteiger partial charge >= 0.3 is 0 Å². The molecule has 0 unspecified atom stereocenters. The third kappa shape index (κ3) is 3.76. The molecule has 0 aromatic heterocycles. The van der Waals surface area contributed by atoms with Gasteiger partial charge in [0.25, 0.3) is 0 Å². The van der Waals surface area contributed by atoms with Crippen molar-refractivity contribution in [2.75, 3.05) is 26.7 Å². The summed E-state index contributed by atoms with van der Waals surface area (Å²) in [5.74, 6) is 0. The maximum absolute atomic E-state index is 10.3. The number of hydrogen-bond acceptors (Lipinski definition) is 3. The Labute approximate surface area is 86.4 Å². The molecular weight excluding hydrogens is 178 g/mol. The van der Waals surface area contributed by atoms with Crippen molar-refractivity contribution in [2.45, 2.75) is 32.8 Å². The Kier molecular flexibility index (Phi) is 4.08. The van der Waals surface area contributed by atoms with Gasteiger partial charge in [-0.25, -0.2) is 0 Å². The Balaban J connectivity index is 2.24. The van der Waals surface area contributed by atoms with E-state index >= 15 is 0 Å². The molecular formula is C11H21NO2. The van der Waals surface area contributed by atoms with Gasteiger partial charge in [0.15, 0.2) is 0 Å². The predicted octanol–water partition coefficient (Wildman–Crippen LogP) is 1.32. The van der Waals surface area contributed by atoms with Crippen molar-refractivity contribution in [1.82, 2.24) is 4.90 Å². The largest absolute Gasteiger partial charge is 0.378 e. The Morgan fingerprint density at radius 2 is 2.14 bits per heavy atom. The van der Waals surface area contributed by atoms with E-state index in [-0.39, 0.29) is 0 Å². The van der Waals surface area contributed by atoms with Crippen LogP contribution in [0, 0.1) is 5.41 Å². The van der Waals surface area contributed by atoms with Gasteiger partial charge in [0.2, 0.25) is 0 Å². The summed E-state index contributed by atoms with van der Waals surface area (Å²) in [6.07, 6.45) is 3.74. The molecule has 0 aromatic carbocycles. The molecule has 0 atom stereocenters. The number of likely N-dealkylation sites (N-methyl/N-ethyl adjacent to an activating group) is 1. The van der Waals surface area contributed by atoms with Crippen LogP contribution in [0.3, 0.4) is 0 Å². The molecule has 0 bridgehead atoms. The van der Waals surface area contributed by atoms with Crippen LogP contribution in [0.2, 0.25) is 0 Å². The molecule has 0 aliphatic heterocycles. The molecule has 1 saturated carbocycles. The Bertz CT molecular complexity index is 188. The van der Waals surface area contributed by atoms with E-state index in [4.69, 9.17) is 4.74 Å². The number of nitrogens with zero attached hydrogens (tertiary/aromatic N) is 1. The number of aldehydes is 1. The molecule has 0 radical (unpaired) electrons. The highest BCUT2D eigenvalue weighted by molar-refractivity contribution is 5.51. The smallest absolute Gasteiger partial charge is 0.133 e. The molecule has 1 aliphatic carbocycles. The first-order valence-corrected chi connectivity index (χ1v) is 5.32. The van der Waals surface area contributed by atoms with Gasteiger partial charge in [-0.2, -0.15) is 0 Å². The number of carbonyl (C=O) groups is 1. The van der Waals surface area contributed by atoms with Crippen molar-refractivity contribution in [3.8, 4) is 0 Å². The summed E-state index contributed by atoms with van der Waals surface area (Å²) in [6, 6.07) is 0. The van der Waals surface area contributed by atoms with Crippen molar-refractivity contribution >= 4 is 6.29 Å². The zero-order chi connectivity index (χ0) is 10.6. The Morgan fingerprint density at radius 3 is 2.57 bits per heavy atom. The van der Waals surface area contributed by atoms with Gasteiger partial charge in [-0.05, 0) is 33.7 Å². The van der Waals surface area contributed by atoms with E-state index in [9.17, 15) is 4.79 Å². The minimum atomic E-state index is 0.309. The highest BCUT2D eigenvalue weighted by Gasteiger charge is 2.43. The second-order valence-electron chi connectivity index (χ2n) is 4.72. The average Bonchev–Trinajstić information content (AvgIpc) is 2.83. The van der Waals surface area contributed by atoms with E-state index in [0.717, 1.165) is 19.4 Å². The normalized spacial score (nSPS) is 18.9. The van der Waals surface area contributed by atoms with Crippen molar-refractivity contribution in [1.29, 1.82) is 0 Å². The van der Waals surface area contributed by atoms with Crippen LogP contribution in [0.25, 0.3) is 0 Å². The van der Waals surface area contributed by atoms with E-state index in [1.807, 2.05) is 7.05 Å². The van der Waals surface area contributed by atoms with Gasteiger partial charge in [0.05, 0.1) is 19.3 Å². The van der Waals surface area contributed by atoms with Crippen molar-refractivity contribution in [2.24, 2.45) is 5.41 Å². The first-order valence-electron chi connectivity index (χ1n) is 5.32. The minimum absolute atomic E-state index is 0.309. The minimum Gasteiger partial charge on any atom is -0.378 e. The molecule has 14 heavy (non-hydrogen) atoms. The summed E-state index contributed by atoms with van der Waals surface area (Å²) in [5.41, 5.74) is 0.349. The molecule has 0 saturated heterocycles. The second-order valence-corrected chi connectivity index (χ2v) is 4.72. The standard InChI is InChI=1S/C11H21NO2/c1-10(2)14-9-11(4-5-11)8-12(3)6-7-13/h7,10H,4-6,8-9H2,1-3H3. The molecule has 1 aliphatic rings.